The molecule has 6 nitrogen and oxygen atoms in total. The third-order valence-corrected chi connectivity index (χ3v) is 4.42. The van der Waals surface area contributed by atoms with E-state index in [-0.39, 0.29) is 18.6 Å². The lowest BCUT2D eigenvalue weighted by atomic mass is 10.1. The van der Waals surface area contributed by atoms with E-state index in [9.17, 15) is 9.59 Å². The van der Waals surface area contributed by atoms with Crippen LogP contribution >= 0.6 is 0 Å². The van der Waals surface area contributed by atoms with Gasteiger partial charge in [-0.3, -0.25) is 9.59 Å². The summed E-state index contributed by atoms with van der Waals surface area (Å²) in [6.07, 6.45) is -0.382. The standard InChI is InChI=1S/C17H21N3O3/c1-11-9-13-5-3-4-6-14(13)20(11)10-15(21)19-7-8-23-12(2)16(19)17(18)22/h3-6,9,12,16H,7-8,10H2,1-2H3,(H2,18,22)/t12-,16+/m1/s1. The molecule has 0 radical (unpaired) electrons. The number of morpholine rings is 1. The van der Waals surface area contributed by atoms with E-state index in [1.807, 2.05) is 35.8 Å². The molecule has 1 aliphatic rings. The summed E-state index contributed by atoms with van der Waals surface area (Å²) in [5.41, 5.74) is 7.48. The van der Waals surface area contributed by atoms with Crippen molar-refractivity contribution < 1.29 is 14.3 Å². The minimum Gasteiger partial charge on any atom is -0.374 e. The molecule has 0 unspecified atom stereocenters. The molecule has 2 atom stereocenters. The number of carbonyl (C=O) groups is 2. The monoisotopic (exact) mass is 315 g/mol. The number of amides is 2. The van der Waals surface area contributed by atoms with Crippen molar-refractivity contribution in [1.82, 2.24) is 9.47 Å². The number of fused-ring (bicyclic) bond motifs is 1. The van der Waals surface area contributed by atoms with Gasteiger partial charge in [-0.1, -0.05) is 18.2 Å². The Bertz CT molecular complexity index is 753. The van der Waals surface area contributed by atoms with Gasteiger partial charge in [0, 0.05) is 17.8 Å². The van der Waals surface area contributed by atoms with Crippen molar-refractivity contribution in [2.24, 2.45) is 5.73 Å². The smallest absolute Gasteiger partial charge is 0.243 e. The molecule has 1 fully saturated rings. The zero-order valence-corrected chi connectivity index (χ0v) is 13.4. The maximum absolute atomic E-state index is 12.8. The maximum Gasteiger partial charge on any atom is 0.243 e. The summed E-state index contributed by atoms with van der Waals surface area (Å²) in [5, 5.41) is 1.10. The normalized spacial score (nSPS) is 21.6. The molecule has 1 aromatic carbocycles. The molecule has 122 valence electrons. The predicted molar refractivity (Wildman–Crippen MR) is 86.8 cm³/mol. The van der Waals surface area contributed by atoms with Crippen molar-refractivity contribution in [2.45, 2.75) is 32.5 Å². The van der Waals surface area contributed by atoms with Crippen LogP contribution in [0.4, 0.5) is 0 Å². The lowest BCUT2D eigenvalue weighted by Gasteiger charge is -2.38. The first kappa shape index (κ1) is 15.6. The highest BCUT2D eigenvalue weighted by Crippen LogP contribution is 2.21. The Hall–Kier alpha value is -2.34. The van der Waals surface area contributed by atoms with Gasteiger partial charge in [-0.15, -0.1) is 0 Å². The largest absolute Gasteiger partial charge is 0.374 e. The van der Waals surface area contributed by atoms with Gasteiger partial charge < -0.3 is 19.9 Å². The number of rotatable bonds is 3. The second-order valence-corrected chi connectivity index (χ2v) is 5.94. The van der Waals surface area contributed by atoms with E-state index >= 15 is 0 Å². The van der Waals surface area contributed by atoms with Crippen molar-refractivity contribution in [2.75, 3.05) is 13.2 Å². The molecular formula is C17H21N3O3. The molecule has 0 spiro atoms. The molecule has 2 aromatic rings. The summed E-state index contributed by atoms with van der Waals surface area (Å²) in [7, 11) is 0. The molecule has 6 heteroatoms. The average molecular weight is 315 g/mol. The van der Waals surface area contributed by atoms with Gasteiger partial charge in [0.25, 0.3) is 0 Å². The number of hydrogen-bond donors (Lipinski definition) is 1. The number of aromatic nitrogens is 1. The average Bonchev–Trinajstić information content (AvgIpc) is 2.82. The fourth-order valence-corrected chi connectivity index (χ4v) is 3.27. The quantitative estimate of drug-likeness (QED) is 0.919. The summed E-state index contributed by atoms with van der Waals surface area (Å²) in [6, 6.07) is 9.27. The number of ether oxygens (including phenoxy) is 1. The first-order chi connectivity index (χ1) is 11.0. The molecule has 23 heavy (non-hydrogen) atoms. The first-order valence-corrected chi connectivity index (χ1v) is 7.74. The van der Waals surface area contributed by atoms with Crippen molar-refractivity contribution >= 4 is 22.7 Å². The Kier molecular flexibility index (Phi) is 4.09. The Morgan fingerprint density at radius 1 is 1.35 bits per heavy atom. The second-order valence-electron chi connectivity index (χ2n) is 5.94. The number of para-hydroxylation sites is 1. The summed E-state index contributed by atoms with van der Waals surface area (Å²) in [4.78, 5) is 26.0. The van der Waals surface area contributed by atoms with Crippen LogP contribution in [0.2, 0.25) is 0 Å². The summed E-state index contributed by atoms with van der Waals surface area (Å²) < 4.78 is 7.43. The van der Waals surface area contributed by atoms with Crippen LogP contribution in [0.25, 0.3) is 10.9 Å². The van der Waals surface area contributed by atoms with Gasteiger partial charge in [0.05, 0.1) is 12.7 Å². The highest BCUT2D eigenvalue weighted by Gasteiger charge is 2.36. The number of nitrogens with zero attached hydrogens (tertiary/aromatic N) is 2. The topological polar surface area (TPSA) is 77.6 Å². The van der Waals surface area contributed by atoms with E-state index in [1.165, 1.54) is 0 Å². The number of nitrogens with two attached hydrogens (primary N) is 1. The van der Waals surface area contributed by atoms with Crippen LogP contribution in [0.1, 0.15) is 12.6 Å². The Morgan fingerprint density at radius 3 is 2.83 bits per heavy atom. The summed E-state index contributed by atoms with van der Waals surface area (Å²) in [6.45, 7) is 4.74. The van der Waals surface area contributed by atoms with Gasteiger partial charge in [-0.25, -0.2) is 0 Å². The van der Waals surface area contributed by atoms with E-state index in [2.05, 4.69) is 6.07 Å². The van der Waals surface area contributed by atoms with E-state index in [0.29, 0.717) is 13.2 Å². The van der Waals surface area contributed by atoms with E-state index in [0.717, 1.165) is 16.6 Å². The molecular weight excluding hydrogens is 294 g/mol. The van der Waals surface area contributed by atoms with Gasteiger partial charge in [-0.05, 0) is 31.4 Å². The molecule has 1 aromatic heterocycles. The minimum atomic E-state index is -0.710. The third kappa shape index (κ3) is 2.82. The Labute approximate surface area is 134 Å². The zero-order chi connectivity index (χ0) is 16.6. The van der Waals surface area contributed by atoms with Gasteiger partial charge in [0.15, 0.2) is 0 Å². The van der Waals surface area contributed by atoms with Gasteiger partial charge in [-0.2, -0.15) is 0 Å². The van der Waals surface area contributed by atoms with Crippen molar-refractivity contribution in [3.8, 4) is 0 Å². The van der Waals surface area contributed by atoms with E-state index in [4.69, 9.17) is 10.5 Å². The van der Waals surface area contributed by atoms with E-state index in [1.54, 1.807) is 11.8 Å². The molecule has 3 rings (SSSR count). The van der Waals surface area contributed by atoms with Crippen LogP contribution in [-0.2, 0) is 20.9 Å². The minimum absolute atomic E-state index is 0.117. The lowest BCUT2D eigenvalue weighted by molar-refractivity contribution is -0.153. The number of carbonyl (C=O) groups excluding carboxylic acids is 2. The lowest BCUT2D eigenvalue weighted by Crippen LogP contribution is -2.59. The first-order valence-electron chi connectivity index (χ1n) is 7.74. The number of benzene rings is 1. The fraction of sp³-hybridized carbons (Fsp3) is 0.412. The molecule has 2 N–H and O–H groups in total. The van der Waals surface area contributed by atoms with Crippen LogP contribution in [0.5, 0.6) is 0 Å². The van der Waals surface area contributed by atoms with Gasteiger partial charge >= 0.3 is 0 Å². The molecule has 0 saturated carbocycles. The van der Waals surface area contributed by atoms with Crippen molar-refractivity contribution in [1.29, 1.82) is 0 Å². The molecule has 1 saturated heterocycles. The highest BCUT2D eigenvalue weighted by atomic mass is 16.5. The van der Waals surface area contributed by atoms with Crippen LogP contribution in [0.15, 0.2) is 30.3 Å². The SMILES string of the molecule is Cc1cc2ccccc2n1CC(=O)N1CCO[C@H](C)[C@H]1C(N)=O. The van der Waals surface area contributed by atoms with Crippen LogP contribution < -0.4 is 5.73 Å². The van der Waals surface area contributed by atoms with Gasteiger partial charge in [0.1, 0.15) is 12.6 Å². The van der Waals surface area contributed by atoms with Gasteiger partial charge in [0.2, 0.25) is 11.8 Å². The van der Waals surface area contributed by atoms with Crippen molar-refractivity contribution in [3.63, 3.8) is 0 Å². The summed E-state index contributed by atoms with van der Waals surface area (Å²) in [5.74, 6) is -0.645. The fourth-order valence-electron chi connectivity index (χ4n) is 3.27. The zero-order valence-electron chi connectivity index (χ0n) is 13.4. The van der Waals surface area contributed by atoms with Crippen LogP contribution in [-0.4, -0.2) is 46.6 Å². The second kappa shape index (κ2) is 6.04. The predicted octanol–water partition coefficient (Wildman–Crippen LogP) is 1.05. The Morgan fingerprint density at radius 2 is 2.09 bits per heavy atom. The molecule has 2 heterocycles. The van der Waals surface area contributed by atoms with Crippen LogP contribution in [0, 0.1) is 6.92 Å². The number of primary amides is 1. The maximum atomic E-state index is 12.8. The number of hydrogen-bond acceptors (Lipinski definition) is 3. The number of aryl methyl sites for hydroxylation is 1. The molecule has 0 aliphatic carbocycles. The summed E-state index contributed by atoms with van der Waals surface area (Å²) >= 11 is 0. The van der Waals surface area contributed by atoms with Crippen molar-refractivity contribution in [3.05, 3.63) is 36.0 Å². The molecule has 0 bridgehead atoms. The third-order valence-electron chi connectivity index (χ3n) is 4.42. The highest BCUT2D eigenvalue weighted by molar-refractivity contribution is 5.89. The molecule has 2 amide bonds. The van der Waals surface area contributed by atoms with Crippen LogP contribution in [0.3, 0.4) is 0 Å². The molecule has 1 aliphatic heterocycles. The van der Waals surface area contributed by atoms with E-state index < -0.39 is 11.9 Å². The Balaban J connectivity index is 1.88.